The summed E-state index contributed by atoms with van der Waals surface area (Å²) in [5.74, 6) is 0.911. The lowest BCUT2D eigenvalue weighted by Gasteiger charge is -2.38. The SMILES string of the molecule is CC(C)(C)[Si](C)(C)O[C@@H]1CCN(C(c2cnc(NC(=O)C3(c4ccc5c(c4)OCO5)CC3)s2)c2ccc(F)cc2Cl)C1. The normalized spacial score (nSPS) is 20.5. The molecule has 1 saturated carbocycles. The second-order valence-corrected chi connectivity index (χ2v) is 19.2. The van der Waals surface area contributed by atoms with Crippen molar-refractivity contribution in [1.29, 1.82) is 0 Å². The number of likely N-dealkylation sites (tertiary alicyclic amines) is 1. The fraction of sp³-hybridized carbons (Fsp3) is 0.484. The number of hydrogen-bond donors (Lipinski definition) is 1. The zero-order chi connectivity index (χ0) is 29.9. The van der Waals surface area contributed by atoms with E-state index in [2.05, 4.69) is 49.1 Å². The van der Waals surface area contributed by atoms with Gasteiger partial charge in [-0.2, -0.15) is 0 Å². The zero-order valence-corrected chi connectivity index (χ0v) is 27.2. The van der Waals surface area contributed by atoms with E-state index in [-0.39, 0.29) is 35.7 Å². The van der Waals surface area contributed by atoms with Gasteiger partial charge in [-0.05, 0) is 72.8 Å². The highest BCUT2D eigenvalue weighted by molar-refractivity contribution is 7.15. The van der Waals surface area contributed by atoms with E-state index in [4.69, 9.17) is 25.5 Å². The lowest BCUT2D eigenvalue weighted by atomic mass is 9.94. The summed E-state index contributed by atoms with van der Waals surface area (Å²) in [5.41, 5.74) is 1.13. The monoisotopic (exact) mass is 629 g/mol. The number of aromatic nitrogens is 1. The molecule has 1 aliphatic carbocycles. The molecule has 2 aliphatic heterocycles. The highest BCUT2D eigenvalue weighted by Crippen LogP contribution is 2.51. The van der Waals surface area contributed by atoms with Gasteiger partial charge < -0.3 is 19.2 Å². The molecule has 1 amide bonds. The van der Waals surface area contributed by atoms with Gasteiger partial charge in [0.2, 0.25) is 12.7 Å². The topological polar surface area (TPSA) is 72.9 Å². The maximum absolute atomic E-state index is 14.0. The minimum absolute atomic E-state index is 0.0809. The third-order valence-corrected chi connectivity index (χ3v) is 15.0. The van der Waals surface area contributed by atoms with E-state index < -0.39 is 13.7 Å². The fourth-order valence-electron chi connectivity index (χ4n) is 5.58. The van der Waals surface area contributed by atoms with Crippen LogP contribution in [-0.4, -0.2) is 50.1 Å². The summed E-state index contributed by atoms with van der Waals surface area (Å²) in [6.45, 7) is 13.0. The van der Waals surface area contributed by atoms with Crippen molar-refractivity contribution in [2.45, 2.75) is 75.7 Å². The molecular weight excluding hydrogens is 593 g/mol. The van der Waals surface area contributed by atoms with Crippen LogP contribution in [0.3, 0.4) is 0 Å². The lowest BCUT2D eigenvalue weighted by Crippen LogP contribution is -2.44. The standard InChI is InChI=1S/C31H37ClFN3O4SSi/c1-30(2,3)42(4,5)40-21-10-13-36(17-21)27(22-8-7-20(33)15-23(22)32)26-16-34-29(41-26)35-28(37)31(11-12-31)19-6-9-24-25(14-19)39-18-38-24/h6-9,14-16,21,27H,10-13,17-18H2,1-5H3,(H,34,35,37)/t21-,27?/m1/s1. The molecule has 0 spiro atoms. The smallest absolute Gasteiger partial charge is 0.236 e. The van der Waals surface area contributed by atoms with Gasteiger partial charge in [0.05, 0.1) is 17.6 Å². The van der Waals surface area contributed by atoms with Crippen molar-refractivity contribution in [3.63, 3.8) is 0 Å². The van der Waals surface area contributed by atoms with Crippen molar-refractivity contribution in [2.75, 3.05) is 25.2 Å². The van der Waals surface area contributed by atoms with Crippen molar-refractivity contribution < 1.29 is 23.1 Å². The maximum atomic E-state index is 14.0. The van der Waals surface area contributed by atoms with Gasteiger partial charge in [-0.3, -0.25) is 9.69 Å². The molecule has 224 valence electrons. The fourth-order valence-corrected chi connectivity index (χ4v) is 8.20. The van der Waals surface area contributed by atoms with Gasteiger partial charge in [0.25, 0.3) is 0 Å². The summed E-state index contributed by atoms with van der Waals surface area (Å²) in [7, 11) is -1.95. The number of nitrogens with zero attached hydrogens (tertiary/aromatic N) is 2. The minimum atomic E-state index is -1.95. The first kappa shape index (κ1) is 29.6. The number of rotatable bonds is 8. The first-order chi connectivity index (χ1) is 19.9. The summed E-state index contributed by atoms with van der Waals surface area (Å²) in [6.07, 6.45) is 4.33. The summed E-state index contributed by atoms with van der Waals surface area (Å²) in [5, 5.41) is 4.08. The number of amides is 1. The number of carbonyl (C=O) groups is 1. The van der Waals surface area contributed by atoms with Crippen LogP contribution in [0.4, 0.5) is 9.52 Å². The first-order valence-corrected chi connectivity index (χ1v) is 18.5. The molecule has 7 nitrogen and oxygen atoms in total. The first-order valence-electron chi connectivity index (χ1n) is 14.4. The van der Waals surface area contributed by atoms with E-state index in [1.807, 2.05) is 18.2 Å². The number of thiazole rings is 1. The average Bonchev–Trinajstić information content (AvgIpc) is 3.22. The van der Waals surface area contributed by atoms with Crippen molar-refractivity contribution in [3.05, 3.63) is 69.4 Å². The number of nitrogens with one attached hydrogen (secondary N) is 1. The van der Waals surface area contributed by atoms with E-state index in [0.717, 1.165) is 48.4 Å². The summed E-state index contributed by atoms with van der Waals surface area (Å²) < 4.78 is 31.8. The van der Waals surface area contributed by atoms with E-state index in [1.54, 1.807) is 12.3 Å². The number of carbonyl (C=O) groups excluding carboxylic acids is 1. The Bertz CT molecular complexity index is 1510. The molecule has 3 aromatic rings. The van der Waals surface area contributed by atoms with E-state index in [1.165, 1.54) is 23.5 Å². The van der Waals surface area contributed by atoms with Crippen molar-refractivity contribution in [2.24, 2.45) is 0 Å². The molecule has 42 heavy (non-hydrogen) atoms. The van der Waals surface area contributed by atoms with Crippen molar-refractivity contribution >= 4 is 42.3 Å². The Morgan fingerprint density at radius 1 is 1.21 bits per heavy atom. The third-order valence-electron chi connectivity index (χ3n) is 9.19. The molecular formula is C31H37ClFN3O4SSi. The molecule has 11 heteroatoms. The molecule has 2 fully saturated rings. The Morgan fingerprint density at radius 2 is 1.98 bits per heavy atom. The third kappa shape index (κ3) is 5.59. The Balaban J connectivity index is 1.23. The second kappa shape index (κ2) is 10.9. The van der Waals surface area contributed by atoms with Crippen LogP contribution in [0.25, 0.3) is 0 Å². The highest BCUT2D eigenvalue weighted by atomic mass is 35.5. The molecule has 2 aromatic carbocycles. The predicted octanol–water partition coefficient (Wildman–Crippen LogP) is 7.52. The van der Waals surface area contributed by atoms with Gasteiger partial charge in [0, 0.05) is 29.2 Å². The van der Waals surface area contributed by atoms with Crippen LogP contribution in [0.2, 0.25) is 23.2 Å². The number of halogens is 2. The van der Waals surface area contributed by atoms with E-state index >= 15 is 0 Å². The quantitative estimate of drug-likeness (QED) is 0.260. The van der Waals surface area contributed by atoms with Crippen molar-refractivity contribution in [3.8, 4) is 11.5 Å². The summed E-state index contributed by atoms with van der Waals surface area (Å²) in [4.78, 5) is 21.4. The summed E-state index contributed by atoms with van der Waals surface area (Å²) >= 11 is 8.05. The molecule has 3 heterocycles. The zero-order valence-electron chi connectivity index (χ0n) is 24.6. The molecule has 1 N–H and O–H groups in total. The molecule has 0 bridgehead atoms. The van der Waals surface area contributed by atoms with Gasteiger partial charge in [0.15, 0.2) is 24.9 Å². The average molecular weight is 630 g/mol. The van der Waals surface area contributed by atoms with Crippen LogP contribution in [0.5, 0.6) is 11.5 Å². The van der Waals surface area contributed by atoms with Crippen LogP contribution < -0.4 is 14.8 Å². The molecule has 3 aliphatic rings. The number of fused-ring (bicyclic) bond motifs is 1. The summed E-state index contributed by atoms with van der Waals surface area (Å²) in [6, 6.07) is 10.0. The van der Waals surface area contributed by atoms with Gasteiger partial charge >= 0.3 is 0 Å². The largest absolute Gasteiger partial charge is 0.454 e. The van der Waals surface area contributed by atoms with Gasteiger partial charge in [-0.1, -0.05) is 55.8 Å². The van der Waals surface area contributed by atoms with Crippen LogP contribution in [0, 0.1) is 5.82 Å². The van der Waals surface area contributed by atoms with Gasteiger partial charge in [-0.15, -0.1) is 0 Å². The Morgan fingerprint density at radius 3 is 2.69 bits per heavy atom. The predicted molar refractivity (Wildman–Crippen MR) is 166 cm³/mol. The Hall–Kier alpha value is -2.50. The van der Waals surface area contributed by atoms with Crippen LogP contribution >= 0.6 is 22.9 Å². The Labute approximate surface area is 256 Å². The number of hydrogen-bond acceptors (Lipinski definition) is 7. The van der Waals surface area contributed by atoms with Crippen molar-refractivity contribution in [1.82, 2.24) is 9.88 Å². The van der Waals surface area contributed by atoms with E-state index in [0.29, 0.717) is 21.7 Å². The molecule has 1 aromatic heterocycles. The molecule has 1 unspecified atom stereocenters. The molecule has 1 saturated heterocycles. The van der Waals surface area contributed by atoms with Crippen LogP contribution in [0.15, 0.2) is 42.6 Å². The molecule has 0 radical (unpaired) electrons. The van der Waals surface area contributed by atoms with Crippen LogP contribution in [-0.2, 0) is 14.6 Å². The number of benzene rings is 2. The number of ether oxygens (including phenoxy) is 2. The molecule has 6 rings (SSSR count). The maximum Gasteiger partial charge on any atom is 0.236 e. The van der Waals surface area contributed by atoms with E-state index in [9.17, 15) is 9.18 Å². The Kier molecular flexibility index (Phi) is 7.67. The second-order valence-electron chi connectivity index (χ2n) is 13.0. The lowest BCUT2D eigenvalue weighted by molar-refractivity contribution is -0.118. The minimum Gasteiger partial charge on any atom is -0.454 e. The van der Waals surface area contributed by atoms with Gasteiger partial charge in [0.1, 0.15) is 5.82 Å². The number of anilines is 1. The van der Waals surface area contributed by atoms with Gasteiger partial charge in [-0.25, -0.2) is 9.37 Å². The highest BCUT2D eigenvalue weighted by Gasteiger charge is 2.52. The molecule has 2 atom stereocenters. The van der Waals surface area contributed by atoms with Crippen LogP contribution in [0.1, 0.15) is 62.1 Å².